The fraction of sp³-hybridized carbons (Fsp3) is 0.125. The van der Waals surface area contributed by atoms with Gasteiger partial charge in [0.1, 0.15) is 0 Å². The van der Waals surface area contributed by atoms with Gasteiger partial charge in [-0.05, 0) is 84.5 Å². The van der Waals surface area contributed by atoms with Crippen LogP contribution in [0.3, 0.4) is 0 Å². The number of nitrogens with zero attached hydrogens (tertiary/aromatic N) is 2. The molecule has 0 saturated heterocycles. The van der Waals surface area contributed by atoms with E-state index in [0.717, 1.165) is 39.1 Å². The van der Waals surface area contributed by atoms with Gasteiger partial charge in [0.15, 0.2) is 0 Å². The number of allylic oxidation sites excluding steroid dienone is 1. The Labute approximate surface area is 263 Å². The quantitative estimate of drug-likeness (QED) is 0.0821. The molecule has 0 aromatic heterocycles. The number of anilines is 1. The molecule has 0 fully saturated rings. The average molecular weight is 591 g/mol. The van der Waals surface area contributed by atoms with Gasteiger partial charge in [0.2, 0.25) is 0 Å². The first-order valence-electron chi connectivity index (χ1n) is 15.0. The lowest BCUT2D eigenvalue weighted by Crippen LogP contribution is -2.48. The molecule has 5 aromatic carbocycles. The Morgan fingerprint density at radius 3 is 1.73 bits per heavy atom. The minimum Gasteiger partial charge on any atom is -0.299 e. The van der Waals surface area contributed by atoms with Crippen molar-refractivity contribution < 1.29 is 9.72 Å². The van der Waals surface area contributed by atoms with Crippen molar-refractivity contribution in [1.82, 2.24) is 0 Å². The number of benzene rings is 5. The number of amides is 1. The van der Waals surface area contributed by atoms with Crippen LogP contribution in [0.15, 0.2) is 146 Å². The third-order valence-corrected chi connectivity index (χ3v) is 8.60. The Morgan fingerprint density at radius 2 is 1.24 bits per heavy atom. The van der Waals surface area contributed by atoms with Gasteiger partial charge in [0, 0.05) is 23.8 Å². The second-order valence-corrected chi connectivity index (χ2v) is 11.9. The number of nitro benzene ring substituents is 1. The van der Waals surface area contributed by atoms with E-state index in [4.69, 9.17) is 0 Å². The molecular formula is C40H34N2O3. The molecule has 45 heavy (non-hydrogen) atoms. The molecule has 0 bridgehead atoms. The van der Waals surface area contributed by atoms with Crippen molar-refractivity contribution in [3.05, 3.63) is 189 Å². The predicted octanol–water partition coefficient (Wildman–Crippen LogP) is 9.22. The number of hydrogen-bond acceptors (Lipinski definition) is 3. The van der Waals surface area contributed by atoms with Crippen LogP contribution < -0.4 is 4.90 Å². The minimum absolute atomic E-state index is 0.0126. The van der Waals surface area contributed by atoms with Crippen LogP contribution in [0.5, 0.6) is 0 Å². The van der Waals surface area contributed by atoms with Crippen molar-refractivity contribution in [3.8, 4) is 0 Å². The molecule has 0 aliphatic carbocycles. The van der Waals surface area contributed by atoms with Crippen molar-refractivity contribution in [1.29, 1.82) is 0 Å². The van der Waals surface area contributed by atoms with Gasteiger partial charge >= 0.3 is 0 Å². The van der Waals surface area contributed by atoms with Gasteiger partial charge in [-0.1, -0.05) is 103 Å². The third-order valence-electron chi connectivity index (χ3n) is 8.60. The van der Waals surface area contributed by atoms with Gasteiger partial charge in [-0.3, -0.25) is 19.8 Å². The molecule has 5 nitrogen and oxygen atoms in total. The Bertz CT molecular complexity index is 1810. The summed E-state index contributed by atoms with van der Waals surface area (Å²) in [4.78, 5) is 26.3. The monoisotopic (exact) mass is 590 g/mol. The highest BCUT2D eigenvalue weighted by atomic mass is 16.6. The van der Waals surface area contributed by atoms with Gasteiger partial charge in [0.05, 0.1) is 21.6 Å². The third kappa shape index (κ3) is 5.38. The van der Waals surface area contributed by atoms with Gasteiger partial charge in [-0.25, -0.2) is 0 Å². The number of non-ortho nitro benzene ring substituents is 1. The van der Waals surface area contributed by atoms with Crippen molar-refractivity contribution in [3.63, 3.8) is 0 Å². The molecule has 0 unspecified atom stereocenters. The van der Waals surface area contributed by atoms with Crippen LogP contribution in [0.25, 0.3) is 11.6 Å². The first kappa shape index (κ1) is 29.5. The van der Waals surface area contributed by atoms with Crippen LogP contribution >= 0.6 is 0 Å². The standard InChI is InChI=1S/C40H34N2O3/c1-29-28-39(2,3)41(38(43)26-21-30-19-23-35(24-20-30)42(44)45)37-25-22-34(27-36(29)37)40(31-13-7-4-8-14-31,32-15-9-5-10-16-32)33-17-11-6-12-18-33/h4-28H,1-3H3. The first-order valence-corrected chi connectivity index (χ1v) is 15.0. The molecule has 0 atom stereocenters. The fourth-order valence-electron chi connectivity index (χ4n) is 6.68. The molecule has 1 aliphatic heterocycles. The Kier molecular flexibility index (Phi) is 7.78. The number of fused-ring (bicyclic) bond motifs is 1. The van der Waals surface area contributed by atoms with E-state index in [2.05, 4.69) is 104 Å². The van der Waals surface area contributed by atoms with Gasteiger partial charge in [-0.15, -0.1) is 0 Å². The second kappa shape index (κ2) is 11.9. The topological polar surface area (TPSA) is 63.5 Å². The SMILES string of the molecule is CC1=CC(C)(C)N(C(=O)C=Cc2ccc([N+](=O)[O-])cc2)c2ccc(C(c3ccccc3)(c3ccccc3)c3ccccc3)cc21. The molecule has 0 N–H and O–H groups in total. The average Bonchev–Trinajstić information content (AvgIpc) is 3.05. The smallest absolute Gasteiger partial charge is 0.269 e. The van der Waals surface area contributed by atoms with E-state index in [9.17, 15) is 14.9 Å². The van der Waals surface area contributed by atoms with E-state index in [1.807, 2.05) is 36.9 Å². The normalized spacial score (nSPS) is 14.1. The van der Waals surface area contributed by atoms with Crippen molar-refractivity contribution in [2.24, 2.45) is 0 Å². The summed E-state index contributed by atoms with van der Waals surface area (Å²) in [6.45, 7) is 6.18. The van der Waals surface area contributed by atoms with Crippen LogP contribution in [0.4, 0.5) is 11.4 Å². The van der Waals surface area contributed by atoms with E-state index >= 15 is 0 Å². The van der Waals surface area contributed by atoms with E-state index in [1.54, 1.807) is 18.2 Å². The van der Waals surface area contributed by atoms with E-state index < -0.39 is 15.9 Å². The Balaban J connectivity index is 1.50. The molecule has 0 saturated carbocycles. The fourth-order valence-corrected chi connectivity index (χ4v) is 6.68. The molecule has 222 valence electrons. The molecular weight excluding hydrogens is 556 g/mol. The van der Waals surface area contributed by atoms with E-state index in [0.29, 0.717) is 5.56 Å². The summed E-state index contributed by atoms with van der Waals surface area (Å²) in [7, 11) is 0. The van der Waals surface area contributed by atoms with Crippen LogP contribution in [0.2, 0.25) is 0 Å². The highest BCUT2D eigenvalue weighted by molar-refractivity contribution is 6.08. The largest absolute Gasteiger partial charge is 0.299 e. The number of nitro groups is 1. The second-order valence-electron chi connectivity index (χ2n) is 11.9. The zero-order valence-corrected chi connectivity index (χ0v) is 25.6. The van der Waals surface area contributed by atoms with Crippen molar-refractivity contribution >= 4 is 28.9 Å². The first-order chi connectivity index (χ1) is 21.7. The summed E-state index contributed by atoms with van der Waals surface area (Å²) < 4.78 is 0. The molecule has 6 rings (SSSR count). The van der Waals surface area contributed by atoms with Crippen LogP contribution in [-0.2, 0) is 10.2 Å². The van der Waals surface area contributed by atoms with E-state index in [-0.39, 0.29) is 11.6 Å². The van der Waals surface area contributed by atoms with Gasteiger partial charge < -0.3 is 0 Å². The van der Waals surface area contributed by atoms with Crippen LogP contribution in [-0.4, -0.2) is 16.4 Å². The van der Waals surface area contributed by atoms with Crippen molar-refractivity contribution in [2.75, 3.05) is 4.90 Å². The summed E-state index contributed by atoms with van der Waals surface area (Å²) >= 11 is 0. The van der Waals surface area contributed by atoms with Crippen LogP contribution in [0, 0.1) is 10.1 Å². The summed E-state index contributed by atoms with van der Waals surface area (Å²) in [5.74, 6) is -0.170. The van der Waals surface area contributed by atoms with Crippen LogP contribution in [0.1, 0.15) is 54.2 Å². The molecule has 1 aliphatic rings. The maximum absolute atomic E-state index is 13.9. The Morgan fingerprint density at radius 1 is 0.733 bits per heavy atom. The summed E-state index contributed by atoms with van der Waals surface area (Å²) in [6, 6.07) is 44.4. The lowest BCUT2D eigenvalue weighted by molar-refractivity contribution is -0.384. The zero-order chi connectivity index (χ0) is 31.6. The Hall–Kier alpha value is -5.55. The highest BCUT2D eigenvalue weighted by Gasteiger charge is 2.40. The predicted molar refractivity (Wildman–Crippen MR) is 182 cm³/mol. The summed E-state index contributed by atoms with van der Waals surface area (Å²) in [5.41, 5.74) is 7.04. The molecule has 0 radical (unpaired) electrons. The molecule has 1 amide bonds. The highest BCUT2D eigenvalue weighted by Crippen LogP contribution is 2.48. The molecule has 5 heteroatoms. The number of carbonyl (C=O) groups is 1. The zero-order valence-electron chi connectivity index (χ0n) is 25.6. The summed E-state index contributed by atoms with van der Waals surface area (Å²) in [6.07, 6.45) is 5.38. The molecule has 1 heterocycles. The lowest BCUT2D eigenvalue weighted by atomic mass is 9.64. The van der Waals surface area contributed by atoms with Crippen molar-refractivity contribution in [2.45, 2.75) is 31.7 Å². The number of rotatable bonds is 7. The molecule has 0 spiro atoms. The molecule has 5 aromatic rings. The number of carbonyl (C=O) groups excluding carboxylic acids is 1. The maximum atomic E-state index is 13.9. The maximum Gasteiger partial charge on any atom is 0.269 e. The number of hydrogen-bond donors (Lipinski definition) is 0. The van der Waals surface area contributed by atoms with E-state index in [1.165, 1.54) is 18.2 Å². The van der Waals surface area contributed by atoms with Gasteiger partial charge in [-0.2, -0.15) is 0 Å². The van der Waals surface area contributed by atoms with Gasteiger partial charge in [0.25, 0.3) is 11.6 Å². The minimum atomic E-state index is -0.600. The lowest BCUT2D eigenvalue weighted by Gasteiger charge is -2.42. The summed E-state index contributed by atoms with van der Waals surface area (Å²) in [5, 5.41) is 11.0.